The average Bonchev–Trinajstić information content (AvgIpc) is 2.93. The molecule has 0 radical (unpaired) electrons. The normalized spacial score (nSPS) is 23.2. The average molecular weight is 299 g/mol. The Kier molecular flexibility index (Phi) is 3.88. The van der Waals surface area contributed by atoms with Crippen LogP contribution in [0.15, 0.2) is 30.5 Å². The predicted octanol–water partition coefficient (Wildman–Crippen LogP) is 1.74. The number of hydrogen-bond donors (Lipinski definition) is 3. The zero-order valence-electron chi connectivity index (χ0n) is 12.8. The van der Waals surface area contributed by atoms with Crippen LogP contribution in [0.25, 0.3) is 10.9 Å². The van der Waals surface area contributed by atoms with Crippen molar-refractivity contribution in [2.24, 2.45) is 5.92 Å². The fourth-order valence-corrected chi connectivity index (χ4v) is 2.95. The number of carbonyl (C=O) groups is 2. The predicted molar refractivity (Wildman–Crippen MR) is 85.3 cm³/mol. The quantitative estimate of drug-likeness (QED) is 0.804. The van der Waals surface area contributed by atoms with Gasteiger partial charge in [-0.2, -0.15) is 0 Å². The lowest BCUT2D eigenvalue weighted by Crippen LogP contribution is -2.63. The molecular weight excluding hydrogens is 278 g/mol. The van der Waals surface area contributed by atoms with Crippen molar-refractivity contribution in [3.8, 4) is 0 Å². The molecule has 116 valence electrons. The summed E-state index contributed by atoms with van der Waals surface area (Å²) >= 11 is 0. The molecule has 5 nitrogen and oxygen atoms in total. The number of aromatic amines is 1. The van der Waals surface area contributed by atoms with Gasteiger partial charge < -0.3 is 15.6 Å². The van der Waals surface area contributed by atoms with E-state index in [0.29, 0.717) is 6.42 Å². The molecule has 2 heterocycles. The van der Waals surface area contributed by atoms with Gasteiger partial charge in [0.05, 0.1) is 0 Å². The minimum atomic E-state index is -0.507. The van der Waals surface area contributed by atoms with Gasteiger partial charge in [-0.25, -0.2) is 0 Å². The molecule has 2 amide bonds. The lowest BCUT2D eigenvalue weighted by Gasteiger charge is -2.32. The van der Waals surface area contributed by atoms with Gasteiger partial charge in [-0.05, 0) is 17.5 Å². The van der Waals surface area contributed by atoms with Crippen LogP contribution < -0.4 is 10.6 Å². The van der Waals surface area contributed by atoms with Gasteiger partial charge in [0.1, 0.15) is 12.1 Å². The highest BCUT2D eigenvalue weighted by atomic mass is 16.2. The summed E-state index contributed by atoms with van der Waals surface area (Å²) in [5, 5.41) is 6.83. The Bertz CT molecular complexity index is 707. The molecule has 3 rings (SSSR count). The Morgan fingerprint density at radius 3 is 2.68 bits per heavy atom. The van der Waals surface area contributed by atoms with E-state index in [0.717, 1.165) is 22.9 Å². The monoisotopic (exact) mass is 299 g/mol. The van der Waals surface area contributed by atoms with Gasteiger partial charge in [0.15, 0.2) is 0 Å². The van der Waals surface area contributed by atoms with E-state index in [1.165, 1.54) is 0 Å². The van der Waals surface area contributed by atoms with Crippen molar-refractivity contribution in [2.75, 3.05) is 0 Å². The molecule has 22 heavy (non-hydrogen) atoms. The Balaban J connectivity index is 1.76. The second-order valence-corrected chi connectivity index (χ2v) is 6.00. The zero-order chi connectivity index (χ0) is 15.7. The molecule has 5 heteroatoms. The van der Waals surface area contributed by atoms with Crippen LogP contribution in [-0.2, 0) is 16.0 Å². The van der Waals surface area contributed by atoms with E-state index in [-0.39, 0.29) is 17.7 Å². The second-order valence-electron chi connectivity index (χ2n) is 6.00. The first-order valence-electron chi connectivity index (χ1n) is 7.76. The lowest BCUT2D eigenvalue weighted by atomic mass is 9.94. The van der Waals surface area contributed by atoms with Crippen LogP contribution in [0.3, 0.4) is 0 Å². The van der Waals surface area contributed by atoms with Crippen LogP contribution in [0.2, 0.25) is 0 Å². The van der Waals surface area contributed by atoms with Crippen molar-refractivity contribution in [2.45, 2.75) is 38.8 Å². The highest BCUT2D eigenvalue weighted by molar-refractivity contribution is 5.97. The van der Waals surface area contributed by atoms with E-state index in [9.17, 15) is 9.59 Å². The summed E-state index contributed by atoms with van der Waals surface area (Å²) < 4.78 is 0. The second kappa shape index (κ2) is 5.83. The van der Waals surface area contributed by atoms with Crippen LogP contribution >= 0.6 is 0 Å². The van der Waals surface area contributed by atoms with Gasteiger partial charge in [0.25, 0.3) is 0 Å². The number of amides is 2. The van der Waals surface area contributed by atoms with Gasteiger partial charge in [-0.3, -0.25) is 9.59 Å². The molecule has 1 aromatic heterocycles. The molecule has 0 bridgehead atoms. The number of fused-ring (bicyclic) bond motifs is 1. The van der Waals surface area contributed by atoms with Crippen molar-refractivity contribution in [3.63, 3.8) is 0 Å². The van der Waals surface area contributed by atoms with Gasteiger partial charge in [0, 0.05) is 23.5 Å². The van der Waals surface area contributed by atoms with E-state index in [4.69, 9.17) is 0 Å². The minimum Gasteiger partial charge on any atom is -0.361 e. The first-order chi connectivity index (χ1) is 10.6. The molecule has 3 N–H and O–H groups in total. The van der Waals surface area contributed by atoms with Crippen LogP contribution in [0.5, 0.6) is 0 Å². The van der Waals surface area contributed by atoms with Crippen molar-refractivity contribution >= 4 is 22.7 Å². The fourth-order valence-electron chi connectivity index (χ4n) is 2.95. The summed E-state index contributed by atoms with van der Waals surface area (Å²) in [6.45, 7) is 3.99. The number of piperazine rings is 1. The van der Waals surface area contributed by atoms with Crippen LogP contribution in [0, 0.1) is 5.92 Å². The molecule has 1 aromatic carbocycles. The number of H-pyrrole nitrogens is 1. The van der Waals surface area contributed by atoms with Crippen molar-refractivity contribution < 1.29 is 9.59 Å². The molecule has 1 aliphatic heterocycles. The third-order valence-corrected chi connectivity index (χ3v) is 4.53. The van der Waals surface area contributed by atoms with Crippen LogP contribution in [-0.4, -0.2) is 28.9 Å². The molecular formula is C17H21N3O2. The highest BCUT2D eigenvalue weighted by Gasteiger charge is 2.36. The maximum Gasteiger partial charge on any atom is 0.243 e. The standard InChI is InChI=1S/C17H21N3O2/c1-3-10(2)15-17(22)19-14(16(21)20-15)8-11-9-18-13-7-5-4-6-12(11)13/h4-7,9-10,14-15,18H,3,8H2,1-2H3,(H,19,22)(H,20,21)/t10-,14+,15+/m0/s1. The molecule has 1 aliphatic rings. The number of aromatic nitrogens is 1. The van der Waals surface area contributed by atoms with Crippen LogP contribution in [0.1, 0.15) is 25.8 Å². The molecule has 1 fully saturated rings. The Hall–Kier alpha value is -2.30. The highest BCUT2D eigenvalue weighted by Crippen LogP contribution is 2.20. The summed E-state index contributed by atoms with van der Waals surface area (Å²) in [5.74, 6) is -0.0491. The smallest absolute Gasteiger partial charge is 0.243 e. The number of benzene rings is 1. The third-order valence-electron chi connectivity index (χ3n) is 4.53. The molecule has 0 unspecified atom stereocenters. The first-order valence-corrected chi connectivity index (χ1v) is 7.76. The Labute approximate surface area is 129 Å². The number of carbonyl (C=O) groups excluding carboxylic acids is 2. The minimum absolute atomic E-state index is 0.0845. The number of nitrogens with one attached hydrogen (secondary N) is 3. The molecule has 0 aliphatic carbocycles. The summed E-state index contributed by atoms with van der Waals surface area (Å²) in [5.41, 5.74) is 2.08. The summed E-state index contributed by atoms with van der Waals surface area (Å²) in [7, 11) is 0. The first kappa shape index (κ1) is 14.6. The van der Waals surface area contributed by atoms with Crippen LogP contribution in [0.4, 0.5) is 0 Å². The molecule has 0 saturated carbocycles. The Morgan fingerprint density at radius 2 is 1.91 bits per heavy atom. The van der Waals surface area contributed by atoms with E-state index in [1.807, 2.05) is 44.3 Å². The van der Waals surface area contributed by atoms with Crippen molar-refractivity contribution in [1.82, 2.24) is 15.6 Å². The zero-order valence-corrected chi connectivity index (χ0v) is 12.8. The van der Waals surface area contributed by atoms with Crippen molar-refractivity contribution in [1.29, 1.82) is 0 Å². The third kappa shape index (κ3) is 2.58. The topological polar surface area (TPSA) is 74.0 Å². The van der Waals surface area contributed by atoms with E-state index in [1.54, 1.807) is 0 Å². The van der Waals surface area contributed by atoms with Gasteiger partial charge >= 0.3 is 0 Å². The van der Waals surface area contributed by atoms with Gasteiger partial charge in [-0.1, -0.05) is 38.5 Å². The summed E-state index contributed by atoms with van der Waals surface area (Å²) in [6.07, 6.45) is 3.26. The summed E-state index contributed by atoms with van der Waals surface area (Å²) in [4.78, 5) is 27.7. The molecule has 2 aromatic rings. The maximum absolute atomic E-state index is 12.3. The van der Waals surface area contributed by atoms with Gasteiger partial charge in [-0.15, -0.1) is 0 Å². The lowest BCUT2D eigenvalue weighted by molar-refractivity contribution is -0.138. The number of rotatable bonds is 4. The number of para-hydroxylation sites is 1. The summed E-state index contributed by atoms with van der Waals surface area (Å²) in [6, 6.07) is 7.03. The molecule has 1 saturated heterocycles. The molecule has 3 atom stereocenters. The molecule has 0 spiro atoms. The Morgan fingerprint density at radius 1 is 1.14 bits per heavy atom. The van der Waals surface area contributed by atoms with Gasteiger partial charge in [0.2, 0.25) is 11.8 Å². The maximum atomic E-state index is 12.3. The fraction of sp³-hybridized carbons (Fsp3) is 0.412. The SMILES string of the molecule is CC[C@H](C)[C@H]1NC(=O)[C@@H](Cc2c[nH]c3ccccc23)NC1=O. The largest absolute Gasteiger partial charge is 0.361 e. The van der Waals surface area contributed by atoms with E-state index >= 15 is 0 Å². The number of hydrogen-bond acceptors (Lipinski definition) is 2. The van der Waals surface area contributed by atoms with E-state index in [2.05, 4.69) is 15.6 Å². The van der Waals surface area contributed by atoms with Crippen molar-refractivity contribution in [3.05, 3.63) is 36.0 Å². The van der Waals surface area contributed by atoms with E-state index < -0.39 is 12.1 Å².